The number of hydrogen-bond donors (Lipinski definition) is 1. The highest BCUT2D eigenvalue weighted by Crippen LogP contribution is 2.13. The summed E-state index contributed by atoms with van der Waals surface area (Å²) in [6.45, 7) is 10.3. The van der Waals surface area contributed by atoms with Gasteiger partial charge in [0.15, 0.2) is 0 Å². The van der Waals surface area contributed by atoms with Crippen molar-refractivity contribution >= 4 is 0 Å². The van der Waals surface area contributed by atoms with E-state index in [1.807, 2.05) is 6.92 Å². The van der Waals surface area contributed by atoms with Gasteiger partial charge in [0.05, 0.1) is 12.3 Å². The molecule has 0 aliphatic carbocycles. The van der Waals surface area contributed by atoms with Gasteiger partial charge >= 0.3 is 0 Å². The molecule has 0 aromatic carbocycles. The van der Waals surface area contributed by atoms with E-state index in [0.717, 1.165) is 44.8 Å². The van der Waals surface area contributed by atoms with Crippen LogP contribution in [0.3, 0.4) is 0 Å². The van der Waals surface area contributed by atoms with Crippen molar-refractivity contribution in [1.29, 1.82) is 0 Å². The minimum atomic E-state index is 0.624. The zero-order chi connectivity index (χ0) is 13.0. The van der Waals surface area contributed by atoms with E-state index in [4.69, 9.17) is 4.74 Å². The van der Waals surface area contributed by atoms with E-state index < -0.39 is 0 Å². The smallest absolute Gasteiger partial charge is 0.0596 e. The maximum Gasteiger partial charge on any atom is 0.0596 e. The van der Waals surface area contributed by atoms with Gasteiger partial charge < -0.3 is 10.1 Å². The van der Waals surface area contributed by atoms with E-state index >= 15 is 0 Å². The lowest BCUT2D eigenvalue weighted by Gasteiger charge is -2.29. The normalized spacial score (nSPS) is 24.4. The molecular weight excluding hydrogens is 226 g/mol. The van der Waals surface area contributed by atoms with Gasteiger partial charge in [-0.25, -0.2) is 0 Å². The lowest BCUT2D eigenvalue weighted by atomic mass is 9.98. The molecule has 1 aliphatic rings. The highest BCUT2D eigenvalue weighted by Gasteiger charge is 2.20. The first kappa shape index (κ1) is 13.6. The number of aryl methyl sites for hydroxylation is 3. The fourth-order valence-corrected chi connectivity index (χ4v) is 2.60. The summed E-state index contributed by atoms with van der Waals surface area (Å²) in [4.78, 5) is 0. The topological polar surface area (TPSA) is 39.1 Å². The molecule has 0 amide bonds. The molecule has 1 saturated heterocycles. The van der Waals surface area contributed by atoms with Crippen molar-refractivity contribution in [2.24, 2.45) is 5.92 Å². The van der Waals surface area contributed by atoms with E-state index in [9.17, 15) is 0 Å². The van der Waals surface area contributed by atoms with Crippen molar-refractivity contribution in [3.8, 4) is 0 Å². The molecule has 2 atom stereocenters. The summed E-state index contributed by atoms with van der Waals surface area (Å²) >= 11 is 0. The third-order valence-electron chi connectivity index (χ3n) is 3.70. The maximum absolute atomic E-state index is 5.45. The highest BCUT2D eigenvalue weighted by molar-refractivity contribution is 5.06. The van der Waals surface area contributed by atoms with Crippen LogP contribution < -0.4 is 5.32 Å². The Kier molecular flexibility index (Phi) is 4.78. The minimum absolute atomic E-state index is 0.624. The van der Waals surface area contributed by atoms with Crippen molar-refractivity contribution < 1.29 is 4.74 Å². The van der Waals surface area contributed by atoms with Crippen LogP contribution in [0.5, 0.6) is 0 Å². The first-order valence-electron chi connectivity index (χ1n) is 6.99. The third-order valence-corrected chi connectivity index (χ3v) is 3.70. The van der Waals surface area contributed by atoms with Crippen LogP contribution in [-0.2, 0) is 11.3 Å². The molecule has 0 radical (unpaired) electrons. The Balaban J connectivity index is 1.68. The molecule has 0 spiro atoms. The molecule has 1 aromatic heterocycles. The number of nitrogens with one attached hydrogen (secondary N) is 1. The van der Waals surface area contributed by atoms with Gasteiger partial charge in [0.25, 0.3) is 0 Å². The molecule has 2 unspecified atom stereocenters. The summed E-state index contributed by atoms with van der Waals surface area (Å²) < 4.78 is 7.55. The van der Waals surface area contributed by atoms with Gasteiger partial charge in [0, 0.05) is 24.9 Å². The van der Waals surface area contributed by atoms with Gasteiger partial charge in [-0.1, -0.05) is 6.92 Å². The molecule has 18 heavy (non-hydrogen) atoms. The molecular formula is C14H25N3O. The van der Waals surface area contributed by atoms with Gasteiger partial charge in [-0.3, -0.25) is 4.68 Å². The summed E-state index contributed by atoms with van der Waals surface area (Å²) in [5.41, 5.74) is 2.37. The van der Waals surface area contributed by atoms with Crippen molar-refractivity contribution in [2.75, 3.05) is 19.8 Å². The van der Waals surface area contributed by atoms with Crippen LogP contribution in [0.2, 0.25) is 0 Å². The van der Waals surface area contributed by atoms with Crippen molar-refractivity contribution in [2.45, 2.75) is 46.2 Å². The first-order chi connectivity index (χ1) is 8.66. The molecule has 0 bridgehead atoms. The van der Waals surface area contributed by atoms with Crippen LogP contribution in [-0.4, -0.2) is 35.6 Å². The molecule has 1 aromatic rings. The molecule has 1 aliphatic heterocycles. The zero-order valence-electron chi connectivity index (χ0n) is 11.8. The Morgan fingerprint density at radius 3 is 3.00 bits per heavy atom. The quantitative estimate of drug-likeness (QED) is 0.812. The number of rotatable bonds is 5. The summed E-state index contributed by atoms with van der Waals surface area (Å²) in [5, 5.41) is 8.13. The molecule has 1 N–H and O–H groups in total. The predicted octanol–water partition coefficient (Wildman–Crippen LogP) is 1.90. The van der Waals surface area contributed by atoms with Crippen LogP contribution in [0.1, 0.15) is 31.2 Å². The van der Waals surface area contributed by atoms with E-state index in [1.165, 1.54) is 5.69 Å². The van der Waals surface area contributed by atoms with E-state index in [1.54, 1.807) is 0 Å². The van der Waals surface area contributed by atoms with E-state index in [2.05, 4.69) is 35.0 Å². The lowest BCUT2D eigenvalue weighted by Crippen LogP contribution is -2.41. The van der Waals surface area contributed by atoms with Crippen LogP contribution in [0, 0.1) is 19.8 Å². The number of nitrogens with zero attached hydrogens (tertiary/aromatic N) is 2. The third kappa shape index (κ3) is 3.56. The maximum atomic E-state index is 5.45. The van der Waals surface area contributed by atoms with Gasteiger partial charge in [0.2, 0.25) is 0 Å². The Morgan fingerprint density at radius 2 is 2.33 bits per heavy atom. The second kappa shape index (κ2) is 6.34. The fraction of sp³-hybridized carbons (Fsp3) is 0.786. The molecule has 2 rings (SSSR count). The second-order valence-corrected chi connectivity index (χ2v) is 5.41. The largest absolute Gasteiger partial charge is 0.381 e. The molecule has 2 heterocycles. The molecule has 4 heteroatoms. The highest BCUT2D eigenvalue weighted by atomic mass is 16.5. The Labute approximate surface area is 110 Å². The van der Waals surface area contributed by atoms with Gasteiger partial charge in [0.1, 0.15) is 0 Å². The molecule has 102 valence electrons. The fourth-order valence-electron chi connectivity index (χ4n) is 2.60. The van der Waals surface area contributed by atoms with Gasteiger partial charge in [-0.2, -0.15) is 5.10 Å². The van der Waals surface area contributed by atoms with Gasteiger partial charge in [-0.15, -0.1) is 0 Å². The Morgan fingerprint density at radius 1 is 1.50 bits per heavy atom. The van der Waals surface area contributed by atoms with E-state index in [-0.39, 0.29) is 0 Å². The van der Waals surface area contributed by atoms with Crippen LogP contribution in [0.4, 0.5) is 0 Å². The Bertz CT molecular complexity index is 375. The standard InChI is InChI=1S/C14H25N3O/c1-11-10-18-8-5-14(11)15-6-4-7-17-13(3)9-12(2)16-17/h9,11,14-15H,4-8,10H2,1-3H3. The minimum Gasteiger partial charge on any atom is -0.381 e. The van der Waals surface area contributed by atoms with Crippen molar-refractivity contribution in [1.82, 2.24) is 15.1 Å². The SMILES string of the molecule is Cc1cc(C)n(CCCNC2CCOCC2C)n1. The zero-order valence-corrected chi connectivity index (χ0v) is 11.8. The number of hydrogen-bond acceptors (Lipinski definition) is 3. The van der Waals surface area contributed by atoms with Crippen molar-refractivity contribution in [3.63, 3.8) is 0 Å². The molecule has 4 nitrogen and oxygen atoms in total. The average molecular weight is 251 g/mol. The predicted molar refractivity (Wildman–Crippen MR) is 72.7 cm³/mol. The van der Waals surface area contributed by atoms with Crippen molar-refractivity contribution in [3.05, 3.63) is 17.5 Å². The summed E-state index contributed by atoms with van der Waals surface area (Å²) in [6.07, 6.45) is 2.27. The van der Waals surface area contributed by atoms with Crippen LogP contribution >= 0.6 is 0 Å². The Hall–Kier alpha value is -0.870. The summed E-state index contributed by atoms with van der Waals surface area (Å²) in [7, 11) is 0. The van der Waals surface area contributed by atoms with Crippen LogP contribution in [0.25, 0.3) is 0 Å². The number of ether oxygens (including phenoxy) is 1. The summed E-state index contributed by atoms with van der Waals surface area (Å²) in [6, 6.07) is 2.76. The monoisotopic (exact) mass is 251 g/mol. The first-order valence-corrected chi connectivity index (χ1v) is 6.99. The lowest BCUT2D eigenvalue weighted by molar-refractivity contribution is 0.0390. The van der Waals surface area contributed by atoms with E-state index in [0.29, 0.717) is 12.0 Å². The van der Waals surface area contributed by atoms with Crippen LogP contribution in [0.15, 0.2) is 6.07 Å². The second-order valence-electron chi connectivity index (χ2n) is 5.41. The molecule has 0 saturated carbocycles. The average Bonchev–Trinajstić information content (AvgIpc) is 2.65. The van der Waals surface area contributed by atoms with Gasteiger partial charge in [-0.05, 0) is 45.2 Å². The molecule has 1 fully saturated rings. The summed E-state index contributed by atoms with van der Waals surface area (Å²) in [5.74, 6) is 0.632. The number of aromatic nitrogens is 2.